The lowest BCUT2D eigenvalue weighted by molar-refractivity contribution is -0.121. The lowest BCUT2D eigenvalue weighted by Crippen LogP contribution is -2.30. The molecule has 0 atom stereocenters. The van der Waals surface area contributed by atoms with E-state index in [0.29, 0.717) is 16.1 Å². The van der Waals surface area contributed by atoms with Crippen LogP contribution in [0.2, 0.25) is 5.02 Å². The first-order chi connectivity index (χ1) is 11.0. The summed E-state index contributed by atoms with van der Waals surface area (Å²) in [6, 6.07) is 10.6. The summed E-state index contributed by atoms with van der Waals surface area (Å²) in [6.07, 6.45) is 0. The first-order valence-corrected chi connectivity index (χ1v) is 7.21. The molecule has 0 fully saturated rings. The van der Waals surface area contributed by atoms with Crippen LogP contribution >= 0.6 is 11.6 Å². The van der Waals surface area contributed by atoms with Crippen LogP contribution in [0, 0.1) is 5.82 Å². The predicted octanol–water partition coefficient (Wildman–Crippen LogP) is 2.70. The normalized spacial score (nSPS) is 10.9. The number of aromatic nitrogens is 1. The van der Waals surface area contributed by atoms with Gasteiger partial charge in [-0.1, -0.05) is 23.7 Å². The van der Waals surface area contributed by atoms with E-state index >= 15 is 0 Å². The second-order valence-corrected chi connectivity index (χ2v) is 5.41. The van der Waals surface area contributed by atoms with Crippen LogP contribution in [0.4, 0.5) is 4.39 Å². The fourth-order valence-corrected chi connectivity index (χ4v) is 2.35. The summed E-state index contributed by atoms with van der Waals surface area (Å²) < 4.78 is 19.1. The van der Waals surface area contributed by atoms with Crippen molar-refractivity contribution in [3.05, 3.63) is 69.4 Å². The van der Waals surface area contributed by atoms with Crippen molar-refractivity contribution < 1.29 is 13.6 Å². The highest BCUT2D eigenvalue weighted by Crippen LogP contribution is 2.18. The Morgan fingerprint density at radius 3 is 2.70 bits per heavy atom. The summed E-state index contributed by atoms with van der Waals surface area (Å²) in [7, 11) is 0. The number of hydrogen-bond donors (Lipinski definition) is 1. The summed E-state index contributed by atoms with van der Waals surface area (Å²) in [5.41, 5.74) is 1.58. The third-order valence-electron chi connectivity index (χ3n) is 3.33. The van der Waals surface area contributed by atoms with E-state index in [1.807, 2.05) is 0 Å². The summed E-state index contributed by atoms with van der Waals surface area (Å²) in [5, 5.41) is 3.11. The molecule has 0 aliphatic heterocycles. The Hall–Kier alpha value is -2.60. The molecule has 0 aliphatic rings. The van der Waals surface area contributed by atoms with Crippen LogP contribution in [-0.2, 0) is 17.9 Å². The van der Waals surface area contributed by atoms with E-state index in [4.69, 9.17) is 16.0 Å². The minimum Gasteiger partial charge on any atom is -0.408 e. The lowest BCUT2D eigenvalue weighted by atomic mass is 10.2. The molecule has 1 amide bonds. The molecule has 0 saturated heterocycles. The number of oxazole rings is 1. The van der Waals surface area contributed by atoms with Gasteiger partial charge in [0.25, 0.3) is 0 Å². The molecule has 1 heterocycles. The summed E-state index contributed by atoms with van der Waals surface area (Å²) >= 11 is 5.84. The van der Waals surface area contributed by atoms with Gasteiger partial charge < -0.3 is 9.73 Å². The largest absolute Gasteiger partial charge is 0.420 e. The first-order valence-electron chi connectivity index (χ1n) is 6.83. The third kappa shape index (κ3) is 3.43. The van der Waals surface area contributed by atoms with Crippen LogP contribution < -0.4 is 11.1 Å². The Kier molecular flexibility index (Phi) is 4.16. The topological polar surface area (TPSA) is 64.2 Å². The fraction of sp³-hybridized carbons (Fsp3) is 0.125. The fourth-order valence-electron chi connectivity index (χ4n) is 2.19. The van der Waals surface area contributed by atoms with Crippen molar-refractivity contribution in [1.82, 2.24) is 9.88 Å². The van der Waals surface area contributed by atoms with Gasteiger partial charge in [-0.15, -0.1) is 0 Å². The number of carbonyl (C=O) groups is 1. The number of fused-ring (bicyclic) bond motifs is 1. The maximum Gasteiger partial charge on any atom is 0.420 e. The molecule has 118 valence electrons. The van der Waals surface area contributed by atoms with Gasteiger partial charge >= 0.3 is 5.76 Å². The molecular weight excluding hydrogens is 323 g/mol. The van der Waals surface area contributed by atoms with Crippen molar-refractivity contribution in [3.8, 4) is 0 Å². The number of amides is 1. The minimum absolute atomic E-state index is 0.172. The highest BCUT2D eigenvalue weighted by atomic mass is 35.5. The highest BCUT2D eigenvalue weighted by molar-refractivity contribution is 6.31. The Balaban J connectivity index is 1.71. The minimum atomic E-state index is -0.626. The van der Waals surface area contributed by atoms with Gasteiger partial charge in [0, 0.05) is 17.6 Å². The van der Waals surface area contributed by atoms with Gasteiger partial charge in [0.05, 0.1) is 5.52 Å². The zero-order chi connectivity index (χ0) is 16.4. The van der Waals surface area contributed by atoms with E-state index in [-0.39, 0.29) is 24.8 Å². The summed E-state index contributed by atoms with van der Waals surface area (Å²) in [5.74, 6) is -1.32. The number of hydrogen-bond acceptors (Lipinski definition) is 3. The molecule has 2 aromatic carbocycles. The van der Waals surface area contributed by atoms with Gasteiger partial charge in [-0.05, 0) is 29.8 Å². The molecule has 0 radical (unpaired) electrons. The van der Waals surface area contributed by atoms with Gasteiger partial charge in [0.1, 0.15) is 12.4 Å². The van der Waals surface area contributed by atoms with E-state index in [0.717, 1.165) is 5.56 Å². The van der Waals surface area contributed by atoms with Crippen molar-refractivity contribution >= 4 is 28.6 Å². The van der Waals surface area contributed by atoms with Gasteiger partial charge in [-0.2, -0.15) is 0 Å². The van der Waals surface area contributed by atoms with Crippen LogP contribution in [0.1, 0.15) is 5.56 Å². The van der Waals surface area contributed by atoms with Crippen LogP contribution in [0.25, 0.3) is 11.1 Å². The first kappa shape index (κ1) is 15.3. The number of benzene rings is 2. The smallest absolute Gasteiger partial charge is 0.408 e. The number of nitrogens with zero attached hydrogens (tertiary/aromatic N) is 1. The van der Waals surface area contributed by atoms with Gasteiger partial charge in [0.15, 0.2) is 5.58 Å². The molecule has 0 spiro atoms. The van der Waals surface area contributed by atoms with Gasteiger partial charge in [-0.3, -0.25) is 9.36 Å². The molecule has 0 unspecified atom stereocenters. The monoisotopic (exact) mass is 334 g/mol. The Morgan fingerprint density at radius 1 is 1.22 bits per heavy atom. The molecule has 5 nitrogen and oxygen atoms in total. The van der Waals surface area contributed by atoms with Crippen molar-refractivity contribution in [2.75, 3.05) is 0 Å². The third-order valence-corrected chi connectivity index (χ3v) is 3.57. The zero-order valence-corrected chi connectivity index (χ0v) is 12.6. The van der Waals surface area contributed by atoms with E-state index in [9.17, 15) is 14.0 Å². The predicted molar refractivity (Wildman–Crippen MR) is 83.7 cm³/mol. The van der Waals surface area contributed by atoms with E-state index in [2.05, 4.69) is 5.32 Å². The molecule has 0 bridgehead atoms. The van der Waals surface area contributed by atoms with E-state index < -0.39 is 5.76 Å². The average Bonchev–Trinajstić information content (AvgIpc) is 2.82. The van der Waals surface area contributed by atoms with Crippen molar-refractivity contribution in [2.45, 2.75) is 13.1 Å². The quantitative estimate of drug-likeness (QED) is 0.798. The van der Waals surface area contributed by atoms with Crippen LogP contribution in [0.15, 0.2) is 51.7 Å². The number of rotatable bonds is 4. The zero-order valence-electron chi connectivity index (χ0n) is 11.9. The average molecular weight is 335 g/mol. The molecule has 7 heteroatoms. The van der Waals surface area contributed by atoms with Crippen LogP contribution in [0.5, 0.6) is 0 Å². The molecule has 0 saturated carbocycles. The van der Waals surface area contributed by atoms with Crippen molar-refractivity contribution in [1.29, 1.82) is 0 Å². The molecule has 3 aromatic rings. The second kappa shape index (κ2) is 6.26. The number of halogens is 2. The van der Waals surface area contributed by atoms with Crippen molar-refractivity contribution in [2.24, 2.45) is 0 Å². The summed E-state index contributed by atoms with van der Waals surface area (Å²) in [6.45, 7) is 0.0735. The second-order valence-electron chi connectivity index (χ2n) is 4.97. The molecule has 23 heavy (non-hydrogen) atoms. The molecule has 1 aromatic heterocycles. The van der Waals surface area contributed by atoms with Crippen LogP contribution in [-0.4, -0.2) is 10.5 Å². The van der Waals surface area contributed by atoms with Gasteiger partial charge in [-0.25, -0.2) is 9.18 Å². The summed E-state index contributed by atoms with van der Waals surface area (Å²) in [4.78, 5) is 23.8. The Morgan fingerprint density at radius 2 is 1.96 bits per heavy atom. The Bertz CT molecular complexity index is 915. The lowest BCUT2D eigenvalue weighted by Gasteiger charge is -2.06. The highest BCUT2D eigenvalue weighted by Gasteiger charge is 2.12. The maximum atomic E-state index is 12.8. The maximum absolute atomic E-state index is 12.8. The van der Waals surface area contributed by atoms with Gasteiger partial charge in [0.2, 0.25) is 5.91 Å². The SMILES string of the molecule is O=C(Cn1c(=O)oc2cc(Cl)ccc21)NCc1ccc(F)cc1. The molecule has 0 aliphatic carbocycles. The van der Waals surface area contributed by atoms with Crippen molar-refractivity contribution in [3.63, 3.8) is 0 Å². The number of carbonyl (C=O) groups excluding carboxylic acids is 1. The molecule has 3 rings (SSSR count). The molecular formula is C16H12ClFN2O3. The van der Waals surface area contributed by atoms with E-state index in [1.165, 1.54) is 22.8 Å². The van der Waals surface area contributed by atoms with E-state index in [1.54, 1.807) is 24.3 Å². The molecule has 1 N–H and O–H groups in total. The van der Waals surface area contributed by atoms with Crippen LogP contribution in [0.3, 0.4) is 0 Å². The Labute approximate surface area is 135 Å². The standard InChI is InChI=1S/C16H12ClFN2O3/c17-11-3-6-13-14(7-11)23-16(22)20(13)9-15(21)19-8-10-1-4-12(18)5-2-10/h1-7H,8-9H2,(H,19,21). The number of nitrogens with one attached hydrogen (secondary N) is 1.